The summed E-state index contributed by atoms with van der Waals surface area (Å²) in [6.07, 6.45) is 8.27. The first-order chi connectivity index (χ1) is 8.84. The number of benzene rings is 1. The van der Waals surface area contributed by atoms with Crippen LogP contribution in [0, 0.1) is 17.8 Å². The van der Waals surface area contributed by atoms with Crippen LogP contribution in [0.3, 0.4) is 0 Å². The average molecular weight is 241 g/mol. The lowest BCUT2D eigenvalue weighted by molar-refractivity contribution is 0.264. The molecular weight excluding hydrogens is 218 g/mol. The molecule has 0 radical (unpaired) electrons. The van der Waals surface area contributed by atoms with E-state index in [-0.39, 0.29) is 0 Å². The molecule has 0 bridgehead atoms. The fraction of sp³-hybridized carbons (Fsp3) is 0.647. The third-order valence-electron chi connectivity index (χ3n) is 5.72. The molecule has 1 aromatic carbocycles. The highest BCUT2D eigenvalue weighted by Crippen LogP contribution is 2.61. The van der Waals surface area contributed by atoms with Crippen LogP contribution in [0.2, 0.25) is 0 Å². The summed E-state index contributed by atoms with van der Waals surface area (Å²) in [6.45, 7) is 0. The van der Waals surface area contributed by atoms with Crippen LogP contribution in [-0.4, -0.2) is 6.04 Å². The summed E-state index contributed by atoms with van der Waals surface area (Å²) < 4.78 is 0. The number of nitrogens with two attached hydrogens (primary N) is 1. The third-order valence-corrected chi connectivity index (χ3v) is 5.72. The fourth-order valence-electron chi connectivity index (χ4n) is 4.47. The molecule has 2 N–H and O–H groups in total. The number of hydrogen-bond acceptors (Lipinski definition) is 1. The maximum absolute atomic E-state index is 6.51. The second kappa shape index (κ2) is 4.09. The summed E-state index contributed by atoms with van der Waals surface area (Å²) in [5, 5.41) is 0. The molecule has 4 unspecified atom stereocenters. The van der Waals surface area contributed by atoms with Crippen LogP contribution in [0.4, 0.5) is 0 Å². The Morgan fingerprint density at radius 1 is 1.17 bits per heavy atom. The van der Waals surface area contributed by atoms with Crippen LogP contribution >= 0.6 is 0 Å². The summed E-state index contributed by atoms with van der Waals surface area (Å²) in [6, 6.07) is 9.52. The zero-order chi connectivity index (χ0) is 12.1. The molecule has 2 saturated carbocycles. The van der Waals surface area contributed by atoms with E-state index in [0.717, 1.165) is 23.7 Å². The Hall–Kier alpha value is -0.820. The van der Waals surface area contributed by atoms with Gasteiger partial charge in [-0.2, -0.15) is 0 Å². The van der Waals surface area contributed by atoms with Crippen LogP contribution in [0.1, 0.15) is 49.1 Å². The van der Waals surface area contributed by atoms with Gasteiger partial charge in [-0.05, 0) is 54.1 Å². The SMILES string of the molecule is NC(CC1CCC1)C1C2CCc3ccccc3C21. The molecule has 96 valence electrons. The molecule has 0 heterocycles. The van der Waals surface area contributed by atoms with Gasteiger partial charge in [0.1, 0.15) is 0 Å². The topological polar surface area (TPSA) is 26.0 Å². The quantitative estimate of drug-likeness (QED) is 0.861. The Kier molecular flexibility index (Phi) is 2.51. The lowest BCUT2D eigenvalue weighted by atomic mass is 9.80. The number of fused-ring (bicyclic) bond motifs is 3. The average Bonchev–Trinajstić information content (AvgIpc) is 3.08. The van der Waals surface area contributed by atoms with Crippen molar-refractivity contribution in [2.45, 2.75) is 50.5 Å². The highest BCUT2D eigenvalue weighted by molar-refractivity contribution is 5.40. The maximum Gasteiger partial charge on any atom is 0.00786 e. The lowest BCUT2D eigenvalue weighted by Crippen LogP contribution is -2.29. The van der Waals surface area contributed by atoms with Gasteiger partial charge in [0.25, 0.3) is 0 Å². The molecule has 18 heavy (non-hydrogen) atoms. The summed E-state index contributed by atoms with van der Waals surface area (Å²) in [5.74, 6) is 3.48. The molecule has 4 rings (SSSR count). The van der Waals surface area contributed by atoms with Crippen molar-refractivity contribution in [1.29, 1.82) is 0 Å². The van der Waals surface area contributed by atoms with Gasteiger partial charge in [-0.1, -0.05) is 43.5 Å². The molecule has 0 aromatic heterocycles. The smallest absolute Gasteiger partial charge is 0.00786 e. The number of aryl methyl sites for hydroxylation is 1. The second-order valence-corrected chi connectivity index (χ2v) is 6.70. The molecule has 0 amide bonds. The summed E-state index contributed by atoms with van der Waals surface area (Å²) in [5.41, 5.74) is 9.73. The summed E-state index contributed by atoms with van der Waals surface area (Å²) in [4.78, 5) is 0. The van der Waals surface area contributed by atoms with Gasteiger partial charge < -0.3 is 5.73 Å². The molecule has 1 aromatic rings. The first-order valence-electron chi connectivity index (χ1n) is 7.68. The van der Waals surface area contributed by atoms with Crippen molar-refractivity contribution < 1.29 is 0 Å². The predicted octanol–water partition coefficient (Wildman–Crippen LogP) is 3.48. The van der Waals surface area contributed by atoms with Gasteiger partial charge in [0.15, 0.2) is 0 Å². The molecule has 4 atom stereocenters. The van der Waals surface area contributed by atoms with E-state index in [1.807, 2.05) is 0 Å². The van der Waals surface area contributed by atoms with Gasteiger partial charge in [0, 0.05) is 6.04 Å². The highest BCUT2D eigenvalue weighted by atomic mass is 14.7. The molecule has 0 spiro atoms. The molecule has 0 saturated heterocycles. The van der Waals surface area contributed by atoms with Gasteiger partial charge >= 0.3 is 0 Å². The van der Waals surface area contributed by atoms with Gasteiger partial charge in [-0.3, -0.25) is 0 Å². The number of rotatable bonds is 3. The lowest BCUT2D eigenvalue weighted by Gasteiger charge is -2.28. The van der Waals surface area contributed by atoms with E-state index < -0.39 is 0 Å². The van der Waals surface area contributed by atoms with Crippen LogP contribution in [0.15, 0.2) is 24.3 Å². The van der Waals surface area contributed by atoms with Crippen LogP contribution in [0.5, 0.6) is 0 Å². The van der Waals surface area contributed by atoms with Gasteiger partial charge in [-0.25, -0.2) is 0 Å². The van der Waals surface area contributed by atoms with E-state index in [4.69, 9.17) is 5.73 Å². The largest absolute Gasteiger partial charge is 0.327 e. The first-order valence-corrected chi connectivity index (χ1v) is 7.68. The van der Waals surface area contributed by atoms with Crippen molar-refractivity contribution >= 4 is 0 Å². The minimum absolute atomic E-state index is 0.469. The van der Waals surface area contributed by atoms with Crippen molar-refractivity contribution in [3.8, 4) is 0 Å². The van der Waals surface area contributed by atoms with Crippen molar-refractivity contribution in [3.05, 3.63) is 35.4 Å². The maximum atomic E-state index is 6.51. The van der Waals surface area contributed by atoms with Crippen LogP contribution in [-0.2, 0) is 6.42 Å². The molecule has 0 aliphatic heterocycles. The molecule has 1 nitrogen and oxygen atoms in total. The Bertz CT molecular complexity index is 449. The molecule has 3 aliphatic rings. The predicted molar refractivity (Wildman–Crippen MR) is 74.4 cm³/mol. The molecule has 3 aliphatic carbocycles. The minimum Gasteiger partial charge on any atom is -0.327 e. The van der Waals surface area contributed by atoms with Crippen molar-refractivity contribution in [2.75, 3.05) is 0 Å². The van der Waals surface area contributed by atoms with E-state index in [9.17, 15) is 0 Å². The van der Waals surface area contributed by atoms with E-state index >= 15 is 0 Å². The van der Waals surface area contributed by atoms with Crippen LogP contribution < -0.4 is 5.73 Å². The van der Waals surface area contributed by atoms with Crippen molar-refractivity contribution in [1.82, 2.24) is 0 Å². The van der Waals surface area contributed by atoms with E-state index in [0.29, 0.717) is 6.04 Å². The Balaban J connectivity index is 1.50. The Labute approximate surface area is 110 Å². The van der Waals surface area contributed by atoms with Gasteiger partial charge in [-0.15, -0.1) is 0 Å². The summed E-state index contributed by atoms with van der Waals surface area (Å²) in [7, 11) is 0. The Morgan fingerprint density at radius 3 is 2.78 bits per heavy atom. The zero-order valence-corrected chi connectivity index (χ0v) is 11.0. The van der Waals surface area contributed by atoms with Crippen molar-refractivity contribution in [2.24, 2.45) is 23.5 Å². The van der Waals surface area contributed by atoms with Crippen molar-refractivity contribution in [3.63, 3.8) is 0 Å². The standard InChI is InChI=1S/C17H23N/c18-15(10-11-4-3-5-11)17-14-9-8-12-6-1-2-7-13(12)16(14)17/h1-2,6-7,11,14-17H,3-5,8-10,18H2. The minimum atomic E-state index is 0.469. The Morgan fingerprint density at radius 2 is 2.00 bits per heavy atom. The monoisotopic (exact) mass is 241 g/mol. The summed E-state index contributed by atoms with van der Waals surface area (Å²) >= 11 is 0. The second-order valence-electron chi connectivity index (χ2n) is 6.70. The van der Waals surface area contributed by atoms with Gasteiger partial charge in [0.05, 0.1) is 0 Å². The third kappa shape index (κ3) is 1.64. The normalized spacial score (nSPS) is 35.3. The number of hydrogen-bond donors (Lipinski definition) is 1. The first kappa shape index (κ1) is 11.0. The molecule has 1 heteroatoms. The van der Waals surface area contributed by atoms with E-state index in [2.05, 4.69) is 24.3 Å². The fourth-order valence-corrected chi connectivity index (χ4v) is 4.47. The van der Waals surface area contributed by atoms with E-state index in [1.54, 1.807) is 11.1 Å². The van der Waals surface area contributed by atoms with Gasteiger partial charge in [0.2, 0.25) is 0 Å². The molecular formula is C17H23N. The van der Waals surface area contributed by atoms with Crippen LogP contribution in [0.25, 0.3) is 0 Å². The highest BCUT2D eigenvalue weighted by Gasteiger charge is 2.55. The van der Waals surface area contributed by atoms with E-state index in [1.165, 1.54) is 38.5 Å². The zero-order valence-electron chi connectivity index (χ0n) is 11.0. The molecule has 2 fully saturated rings.